The van der Waals surface area contributed by atoms with Gasteiger partial charge in [0.1, 0.15) is 0 Å². The second-order valence-electron chi connectivity index (χ2n) is 8.37. The lowest BCUT2D eigenvalue weighted by atomic mass is 9.87. The summed E-state index contributed by atoms with van der Waals surface area (Å²) in [6.07, 6.45) is 0. The fraction of sp³-hybridized carbons (Fsp3) is 0.160. The molecule has 0 saturated carbocycles. The molecular weight excluding hydrogens is 424 g/mol. The SMILES string of the molecule is CC(C)(C)c1ccc(-c2nnc(-c3ccccc3NC(=O)Nc3ccc(Cl)cc3)o2)cc1. The molecule has 2 N–H and O–H groups in total. The summed E-state index contributed by atoms with van der Waals surface area (Å²) in [5.41, 5.74) is 3.93. The Morgan fingerprint density at radius 1 is 0.844 bits per heavy atom. The fourth-order valence-electron chi connectivity index (χ4n) is 3.16. The third kappa shape index (κ3) is 4.98. The number of carbonyl (C=O) groups is 1. The van der Waals surface area contributed by atoms with Crippen LogP contribution in [0.3, 0.4) is 0 Å². The van der Waals surface area contributed by atoms with Crippen molar-refractivity contribution in [3.05, 3.63) is 83.4 Å². The molecule has 1 aromatic heterocycles. The Labute approximate surface area is 191 Å². The molecule has 0 saturated heterocycles. The first kappa shape index (κ1) is 21.6. The van der Waals surface area contributed by atoms with Gasteiger partial charge in [0.05, 0.1) is 11.3 Å². The zero-order valence-corrected chi connectivity index (χ0v) is 18.8. The topological polar surface area (TPSA) is 80.0 Å². The maximum atomic E-state index is 12.5. The van der Waals surface area contributed by atoms with Gasteiger partial charge in [-0.1, -0.05) is 56.6 Å². The second-order valence-corrected chi connectivity index (χ2v) is 8.81. The summed E-state index contributed by atoms with van der Waals surface area (Å²) in [5, 5.41) is 14.6. The van der Waals surface area contributed by atoms with Gasteiger partial charge in [0.15, 0.2) is 0 Å². The van der Waals surface area contributed by atoms with Crippen molar-refractivity contribution in [2.75, 3.05) is 10.6 Å². The third-order valence-corrected chi connectivity index (χ3v) is 5.18. The summed E-state index contributed by atoms with van der Waals surface area (Å²) >= 11 is 5.89. The van der Waals surface area contributed by atoms with Gasteiger partial charge in [-0.15, -0.1) is 10.2 Å². The number of carbonyl (C=O) groups excluding carboxylic acids is 1. The Morgan fingerprint density at radius 3 is 2.19 bits per heavy atom. The molecule has 0 atom stereocenters. The van der Waals surface area contributed by atoms with E-state index in [4.69, 9.17) is 16.0 Å². The average molecular weight is 447 g/mol. The van der Waals surface area contributed by atoms with E-state index >= 15 is 0 Å². The minimum atomic E-state index is -0.391. The lowest BCUT2D eigenvalue weighted by molar-refractivity contribution is 0.262. The number of para-hydroxylation sites is 1. The smallest absolute Gasteiger partial charge is 0.323 e. The highest BCUT2D eigenvalue weighted by Gasteiger charge is 2.17. The van der Waals surface area contributed by atoms with Gasteiger partial charge in [-0.2, -0.15) is 0 Å². The van der Waals surface area contributed by atoms with E-state index in [0.29, 0.717) is 33.7 Å². The molecule has 0 bridgehead atoms. The lowest BCUT2D eigenvalue weighted by Gasteiger charge is -2.18. The number of anilines is 2. The van der Waals surface area contributed by atoms with Crippen molar-refractivity contribution in [1.29, 1.82) is 0 Å². The van der Waals surface area contributed by atoms with Crippen LogP contribution in [0.1, 0.15) is 26.3 Å². The molecule has 4 rings (SSSR count). The van der Waals surface area contributed by atoms with Crippen LogP contribution in [0.15, 0.2) is 77.2 Å². The summed E-state index contributed by atoms with van der Waals surface area (Å²) < 4.78 is 5.93. The van der Waals surface area contributed by atoms with Crippen LogP contribution >= 0.6 is 11.6 Å². The number of hydrogen-bond donors (Lipinski definition) is 2. The minimum Gasteiger partial charge on any atom is -0.416 e. The number of benzene rings is 3. The van der Waals surface area contributed by atoms with Crippen molar-refractivity contribution in [2.24, 2.45) is 0 Å². The van der Waals surface area contributed by atoms with Crippen LogP contribution in [0.4, 0.5) is 16.2 Å². The van der Waals surface area contributed by atoms with Gasteiger partial charge in [0, 0.05) is 16.3 Å². The highest BCUT2D eigenvalue weighted by molar-refractivity contribution is 6.30. The molecule has 0 aliphatic carbocycles. The number of nitrogens with one attached hydrogen (secondary N) is 2. The van der Waals surface area contributed by atoms with E-state index in [1.54, 1.807) is 30.3 Å². The molecule has 1 heterocycles. The zero-order chi connectivity index (χ0) is 22.7. The van der Waals surface area contributed by atoms with Crippen LogP contribution in [-0.4, -0.2) is 16.2 Å². The van der Waals surface area contributed by atoms with Gasteiger partial charge < -0.3 is 15.1 Å². The molecule has 0 radical (unpaired) electrons. The largest absolute Gasteiger partial charge is 0.416 e. The second kappa shape index (κ2) is 8.85. The molecular formula is C25H23ClN4O2. The lowest BCUT2D eigenvalue weighted by Crippen LogP contribution is -2.19. The van der Waals surface area contributed by atoms with Crippen molar-refractivity contribution >= 4 is 29.0 Å². The Morgan fingerprint density at radius 2 is 1.50 bits per heavy atom. The Kier molecular flexibility index (Phi) is 5.97. The number of hydrogen-bond acceptors (Lipinski definition) is 4. The number of aromatic nitrogens is 2. The number of halogens is 1. The van der Waals surface area contributed by atoms with Gasteiger partial charge in [0.25, 0.3) is 0 Å². The summed E-state index contributed by atoms with van der Waals surface area (Å²) in [7, 11) is 0. The number of nitrogens with zero attached hydrogens (tertiary/aromatic N) is 2. The normalized spacial score (nSPS) is 11.2. The highest BCUT2D eigenvalue weighted by Crippen LogP contribution is 2.31. The molecule has 32 heavy (non-hydrogen) atoms. The highest BCUT2D eigenvalue weighted by atomic mass is 35.5. The first-order chi connectivity index (χ1) is 15.3. The Hall–Kier alpha value is -3.64. The summed E-state index contributed by atoms with van der Waals surface area (Å²) in [6.45, 7) is 6.50. The van der Waals surface area contributed by atoms with E-state index in [1.165, 1.54) is 5.56 Å². The first-order valence-corrected chi connectivity index (χ1v) is 10.5. The number of rotatable bonds is 4. The molecule has 0 unspecified atom stereocenters. The zero-order valence-electron chi connectivity index (χ0n) is 18.0. The summed E-state index contributed by atoms with van der Waals surface area (Å²) in [4.78, 5) is 12.5. The Balaban J connectivity index is 1.53. The van der Waals surface area contributed by atoms with Crippen molar-refractivity contribution in [3.63, 3.8) is 0 Å². The standard InChI is InChI=1S/C25H23ClN4O2/c1-25(2,3)17-10-8-16(9-11-17)22-29-30-23(32-22)20-6-4-5-7-21(20)28-24(31)27-19-14-12-18(26)13-15-19/h4-15H,1-3H3,(H2,27,28,31). The van der Waals surface area contributed by atoms with E-state index in [9.17, 15) is 4.79 Å². The van der Waals surface area contributed by atoms with Crippen molar-refractivity contribution < 1.29 is 9.21 Å². The van der Waals surface area contributed by atoms with Crippen LogP contribution < -0.4 is 10.6 Å². The monoisotopic (exact) mass is 446 g/mol. The first-order valence-electron chi connectivity index (χ1n) is 10.2. The molecule has 2 amide bonds. The van der Waals surface area contributed by atoms with E-state index in [1.807, 2.05) is 30.3 Å². The number of amides is 2. The molecule has 0 fully saturated rings. The summed E-state index contributed by atoms with van der Waals surface area (Å²) in [5.74, 6) is 0.739. The molecule has 0 aliphatic heterocycles. The molecule has 3 aromatic carbocycles. The molecule has 7 heteroatoms. The quantitative estimate of drug-likeness (QED) is 0.353. The average Bonchev–Trinajstić information content (AvgIpc) is 3.25. The van der Waals surface area contributed by atoms with Crippen LogP contribution in [0, 0.1) is 0 Å². The van der Waals surface area contributed by atoms with E-state index in [-0.39, 0.29) is 5.41 Å². The van der Waals surface area contributed by atoms with E-state index < -0.39 is 6.03 Å². The van der Waals surface area contributed by atoms with Crippen molar-refractivity contribution in [3.8, 4) is 22.9 Å². The molecule has 0 aliphatic rings. The predicted molar refractivity (Wildman–Crippen MR) is 128 cm³/mol. The van der Waals surface area contributed by atoms with Crippen molar-refractivity contribution in [1.82, 2.24) is 10.2 Å². The van der Waals surface area contributed by atoms with Crippen LogP contribution in [-0.2, 0) is 5.41 Å². The van der Waals surface area contributed by atoms with Gasteiger partial charge in [-0.3, -0.25) is 0 Å². The van der Waals surface area contributed by atoms with Gasteiger partial charge in [-0.05, 0) is 59.5 Å². The van der Waals surface area contributed by atoms with Crippen LogP contribution in [0.25, 0.3) is 22.9 Å². The third-order valence-electron chi connectivity index (χ3n) is 4.93. The van der Waals surface area contributed by atoms with Gasteiger partial charge >= 0.3 is 6.03 Å². The van der Waals surface area contributed by atoms with Crippen LogP contribution in [0.2, 0.25) is 5.02 Å². The molecule has 4 aromatic rings. The maximum Gasteiger partial charge on any atom is 0.323 e. The minimum absolute atomic E-state index is 0.0652. The van der Waals surface area contributed by atoms with E-state index in [0.717, 1.165) is 5.56 Å². The molecule has 162 valence electrons. The Bertz CT molecular complexity index is 1230. The van der Waals surface area contributed by atoms with Gasteiger partial charge in [0.2, 0.25) is 11.8 Å². The van der Waals surface area contributed by atoms with Gasteiger partial charge in [-0.25, -0.2) is 4.79 Å². The van der Waals surface area contributed by atoms with Crippen LogP contribution in [0.5, 0.6) is 0 Å². The fourth-order valence-corrected chi connectivity index (χ4v) is 3.28. The molecule has 0 spiro atoms. The summed E-state index contributed by atoms with van der Waals surface area (Å²) in [6, 6.07) is 21.8. The van der Waals surface area contributed by atoms with E-state index in [2.05, 4.69) is 53.7 Å². The number of urea groups is 1. The molecule has 6 nitrogen and oxygen atoms in total. The predicted octanol–water partition coefficient (Wildman–Crippen LogP) is 7.00. The maximum absolute atomic E-state index is 12.5. The van der Waals surface area contributed by atoms with Crippen molar-refractivity contribution in [2.45, 2.75) is 26.2 Å².